The van der Waals surface area contributed by atoms with E-state index in [1.807, 2.05) is 18.2 Å². The van der Waals surface area contributed by atoms with Crippen molar-refractivity contribution in [3.63, 3.8) is 0 Å². The average molecular weight is 243 g/mol. The predicted octanol–water partition coefficient (Wildman–Crippen LogP) is 3.61. The minimum atomic E-state index is -4.03. The topological polar surface area (TPSA) is 12.0 Å². The van der Waals surface area contributed by atoms with Crippen LogP contribution in [0.3, 0.4) is 0 Å². The Bertz CT molecular complexity index is 373. The highest BCUT2D eigenvalue weighted by Crippen LogP contribution is 2.29. The van der Waals surface area contributed by atoms with Gasteiger partial charge in [-0.25, -0.2) is 0 Å². The highest BCUT2D eigenvalue weighted by atomic mass is 19.4. The lowest BCUT2D eigenvalue weighted by molar-refractivity contribution is -0.135. The maximum Gasteiger partial charge on any atom is 0.389 e. The van der Waals surface area contributed by atoms with Crippen LogP contribution in [0.1, 0.15) is 36.4 Å². The van der Waals surface area contributed by atoms with E-state index in [2.05, 4.69) is 11.4 Å². The zero-order chi connectivity index (χ0) is 12.3. The second kappa shape index (κ2) is 5.08. The Morgan fingerprint density at radius 3 is 2.76 bits per heavy atom. The number of rotatable bonds is 3. The van der Waals surface area contributed by atoms with E-state index >= 15 is 0 Å². The number of hydrogen-bond acceptors (Lipinski definition) is 1. The van der Waals surface area contributed by atoms with Crippen molar-refractivity contribution < 1.29 is 13.2 Å². The predicted molar refractivity (Wildman–Crippen MR) is 60.8 cm³/mol. The molecule has 1 aromatic carbocycles. The van der Waals surface area contributed by atoms with Crippen molar-refractivity contribution in [2.24, 2.45) is 0 Å². The fourth-order valence-corrected chi connectivity index (χ4v) is 2.36. The Morgan fingerprint density at radius 2 is 2.00 bits per heavy atom. The average Bonchev–Trinajstić information content (AvgIpc) is 2.28. The van der Waals surface area contributed by atoms with E-state index in [0.29, 0.717) is 6.42 Å². The van der Waals surface area contributed by atoms with Crippen LogP contribution in [0.5, 0.6) is 0 Å². The molecule has 0 amide bonds. The first-order chi connectivity index (χ1) is 8.06. The first-order valence-electron chi connectivity index (χ1n) is 5.94. The summed E-state index contributed by atoms with van der Waals surface area (Å²) in [5.74, 6) is 0. The summed E-state index contributed by atoms with van der Waals surface area (Å²) in [6.45, 7) is 0.855. The van der Waals surface area contributed by atoms with E-state index in [9.17, 15) is 13.2 Å². The lowest BCUT2D eigenvalue weighted by Gasteiger charge is -2.27. The molecule has 17 heavy (non-hydrogen) atoms. The number of hydrogen-bond donors (Lipinski definition) is 1. The Kier molecular flexibility index (Phi) is 3.72. The molecule has 1 N–H and O–H groups in total. The van der Waals surface area contributed by atoms with Crippen LogP contribution in [0.15, 0.2) is 24.3 Å². The molecule has 2 rings (SSSR count). The van der Waals surface area contributed by atoms with Crippen LogP contribution in [0.25, 0.3) is 0 Å². The largest absolute Gasteiger partial charge is 0.389 e. The number of alkyl halides is 3. The van der Waals surface area contributed by atoms with Gasteiger partial charge in [0.1, 0.15) is 0 Å². The summed E-state index contributed by atoms with van der Waals surface area (Å²) in [5.41, 5.74) is 2.43. The van der Waals surface area contributed by atoms with Gasteiger partial charge in [-0.3, -0.25) is 0 Å². The number of benzene rings is 1. The molecule has 0 spiro atoms. The van der Waals surface area contributed by atoms with Crippen LogP contribution >= 0.6 is 0 Å². The summed E-state index contributed by atoms with van der Waals surface area (Å²) in [6.07, 6.45) is -3.01. The molecule has 94 valence electrons. The first-order valence-corrected chi connectivity index (χ1v) is 5.94. The molecule has 0 radical (unpaired) electrons. The second-order valence-electron chi connectivity index (χ2n) is 4.46. The zero-order valence-corrected chi connectivity index (χ0v) is 9.56. The van der Waals surface area contributed by atoms with E-state index in [1.165, 1.54) is 11.1 Å². The number of nitrogens with one attached hydrogen (secondary N) is 1. The van der Waals surface area contributed by atoms with Crippen molar-refractivity contribution in [3.05, 3.63) is 35.4 Å². The summed E-state index contributed by atoms with van der Waals surface area (Å²) in [7, 11) is 0. The van der Waals surface area contributed by atoms with Gasteiger partial charge in [0.05, 0.1) is 0 Å². The van der Waals surface area contributed by atoms with Crippen molar-refractivity contribution >= 4 is 0 Å². The third kappa shape index (κ3) is 3.46. The molecule has 1 aliphatic heterocycles. The molecule has 1 aromatic rings. The van der Waals surface area contributed by atoms with Crippen molar-refractivity contribution in [2.75, 3.05) is 6.54 Å². The molecule has 1 nitrogen and oxygen atoms in total. The number of fused-ring (bicyclic) bond motifs is 1. The van der Waals surface area contributed by atoms with Crippen molar-refractivity contribution in [3.8, 4) is 0 Å². The zero-order valence-electron chi connectivity index (χ0n) is 9.56. The van der Waals surface area contributed by atoms with Crippen LogP contribution in [-0.2, 0) is 6.42 Å². The lowest BCUT2D eigenvalue weighted by atomic mass is 9.91. The van der Waals surface area contributed by atoms with Crippen LogP contribution in [0.2, 0.25) is 0 Å². The van der Waals surface area contributed by atoms with E-state index in [0.717, 1.165) is 13.0 Å². The Balaban J connectivity index is 1.95. The van der Waals surface area contributed by atoms with Gasteiger partial charge in [0, 0.05) is 12.5 Å². The standard InChI is InChI=1S/C13H16F3N/c14-13(15,16)8-3-6-12-11-5-2-1-4-10(11)7-9-17-12/h1-2,4-5,12,17H,3,6-9H2. The van der Waals surface area contributed by atoms with Gasteiger partial charge in [-0.05, 0) is 36.9 Å². The molecule has 1 unspecified atom stereocenters. The van der Waals surface area contributed by atoms with Crippen LogP contribution < -0.4 is 5.32 Å². The van der Waals surface area contributed by atoms with Gasteiger partial charge >= 0.3 is 6.18 Å². The molecule has 1 heterocycles. The molecule has 0 aromatic heterocycles. The normalized spacial score (nSPS) is 20.1. The van der Waals surface area contributed by atoms with Gasteiger partial charge in [-0.15, -0.1) is 0 Å². The summed E-state index contributed by atoms with van der Waals surface area (Å²) in [4.78, 5) is 0. The third-order valence-electron chi connectivity index (χ3n) is 3.17. The molecule has 0 saturated carbocycles. The highest BCUT2D eigenvalue weighted by molar-refractivity contribution is 5.32. The minimum Gasteiger partial charge on any atom is -0.310 e. The monoisotopic (exact) mass is 243 g/mol. The van der Waals surface area contributed by atoms with Gasteiger partial charge in [0.15, 0.2) is 0 Å². The van der Waals surface area contributed by atoms with Gasteiger partial charge < -0.3 is 5.32 Å². The maximum absolute atomic E-state index is 12.1. The fraction of sp³-hybridized carbons (Fsp3) is 0.538. The van der Waals surface area contributed by atoms with Crippen molar-refractivity contribution in [1.29, 1.82) is 0 Å². The minimum absolute atomic E-state index is 0.0855. The Morgan fingerprint density at radius 1 is 1.24 bits per heavy atom. The second-order valence-corrected chi connectivity index (χ2v) is 4.46. The molecular formula is C13H16F3N. The van der Waals surface area contributed by atoms with E-state index in [-0.39, 0.29) is 12.5 Å². The molecule has 0 fully saturated rings. The molecule has 4 heteroatoms. The van der Waals surface area contributed by atoms with Gasteiger partial charge in [-0.2, -0.15) is 13.2 Å². The molecular weight excluding hydrogens is 227 g/mol. The Labute approximate surface area is 99.0 Å². The van der Waals surface area contributed by atoms with Crippen LogP contribution in [0, 0.1) is 0 Å². The Hall–Kier alpha value is -1.03. The van der Waals surface area contributed by atoms with Crippen molar-refractivity contribution in [2.45, 2.75) is 37.9 Å². The lowest BCUT2D eigenvalue weighted by Crippen LogP contribution is -2.29. The van der Waals surface area contributed by atoms with E-state index in [1.54, 1.807) is 0 Å². The van der Waals surface area contributed by atoms with E-state index < -0.39 is 12.6 Å². The molecule has 0 saturated heterocycles. The SMILES string of the molecule is FC(F)(F)CCCC1NCCc2ccccc21. The molecule has 0 aliphatic carbocycles. The highest BCUT2D eigenvalue weighted by Gasteiger charge is 2.27. The van der Waals surface area contributed by atoms with Gasteiger partial charge in [-0.1, -0.05) is 24.3 Å². The summed E-state index contributed by atoms with van der Waals surface area (Å²) >= 11 is 0. The summed E-state index contributed by atoms with van der Waals surface area (Å²) < 4.78 is 36.3. The smallest absolute Gasteiger partial charge is 0.310 e. The first kappa shape index (κ1) is 12.4. The summed E-state index contributed by atoms with van der Waals surface area (Å²) in [5, 5.41) is 3.29. The molecule has 0 bridgehead atoms. The fourth-order valence-electron chi connectivity index (χ4n) is 2.36. The molecule has 1 atom stereocenters. The molecule has 1 aliphatic rings. The quantitative estimate of drug-likeness (QED) is 0.855. The van der Waals surface area contributed by atoms with Crippen LogP contribution in [0.4, 0.5) is 13.2 Å². The van der Waals surface area contributed by atoms with E-state index in [4.69, 9.17) is 0 Å². The van der Waals surface area contributed by atoms with Gasteiger partial charge in [0.2, 0.25) is 0 Å². The van der Waals surface area contributed by atoms with Gasteiger partial charge in [0.25, 0.3) is 0 Å². The maximum atomic E-state index is 12.1. The third-order valence-corrected chi connectivity index (χ3v) is 3.17. The summed E-state index contributed by atoms with van der Waals surface area (Å²) in [6, 6.07) is 8.09. The van der Waals surface area contributed by atoms with Crippen LogP contribution in [-0.4, -0.2) is 12.7 Å². The number of halogens is 3. The van der Waals surface area contributed by atoms with Crippen molar-refractivity contribution in [1.82, 2.24) is 5.32 Å².